The number of para-hydroxylation sites is 2. The molecular formula is C17H20N4OS. The molecule has 4 rings (SSSR count). The summed E-state index contributed by atoms with van der Waals surface area (Å²) in [5, 5.41) is 9.37. The molecule has 2 aliphatic rings. The molecular weight excluding hydrogens is 308 g/mol. The van der Waals surface area contributed by atoms with Crippen LogP contribution in [0.2, 0.25) is 0 Å². The zero-order chi connectivity index (χ0) is 15.6. The quantitative estimate of drug-likeness (QED) is 0.906. The maximum atomic E-state index is 12.5. The fourth-order valence-corrected chi connectivity index (χ4v) is 3.83. The molecule has 0 unspecified atom stereocenters. The van der Waals surface area contributed by atoms with Crippen molar-refractivity contribution >= 4 is 28.6 Å². The van der Waals surface area contributed by atoms with Crippen LogP contribution in [0.3, 0.4) is 0 Å². The minimum absolute atomic E-state index is 0.115. The number of hydrogen-bond acceptors (Lipinski definition) is 5. The highest BCUT2D eigenvalue weighted by Gasteiger charge is 2.27. The molecule has 1 saturated carbocycles. The molecule has 0 atom stereocenters. The van der Waals surface area contributed by atoms with Crippen LogP contribution >= 0.6 is 11.3 Å². The molecule has 2 N–H and O–H groups in total. The van der Waals surface area contributed by atoms with Crippen LogP contribution in [0, 0.1) is 0 Å². The van der Waals surface area contributed by atoms with E-state index in [1.165, 1.54) is 12.8 Å². The maximum Gasteiger partial charge on any atom is 0.275 e. The number of amides is 1. The van der Waals surface area contributed by atoms with Gasteiger partial charge in [-0.1, -0.05) is 12.1 Å². The van der Waals surface area contributed by atoms with Crippen molar-refractivity contribution in [1.82, 2.24) is 10.3 Å². The van der Waals surface area contributed by atoms with Crippen molar-refractivity contribution in [1.29, 1.82) is 0 Å². The molecule has 6 heteroatoms. The van der Waals surface area contributed by atoms with Gasteiger partial charge in [-0.15, -0.1) is 11.3 Å². The number of anilines is 2. The van der Waals surface area contributed by atoms with Gasteiger partial charge in [0.2, 0.25) is 0 Å². The molecule has 2 fully saturated rings. The van der Waals surface area contributed by atoms with Gasteiger partial charge in [0.15, 0.2) is 0 Å². The highest BCUT2D eigenvalue weighted by molar-refractivity contribution is 7.10. The van der Waals surface area contributed by atoms with Crippen LogP contribution in [-0.4, -0.2) is 37.1 Å². The number of rotatable bonds is 4. The van der Waals surface area contributed by atoms with Crippen LogP contribution in [0.25, 0.3) is 0 Å². The van der Waals surface area contributed by atoms with E-state index < -0.39 is 0 Å². The van der Waals surface area contributed by atoms with E-state index in [1.54, 1.807) is 11.3 Å². The van der Waals surface area contributed by atoms with Gasteiger partial charge in [-0.05, 0) is 25.0 Å². The molecule has 0 radical (unpaired) electrons. The third-order valence-electron chi connectivity index (χ3n) is 4.29. The Kier molecular flexibility index (Phi) is 4.01. The highest BCUT2D eigenvalue weighted by atomic mass is 32.1. The standard InChI is InChI=1S/C17H20N4OS/c22-16(14-11-23-17(20-14)12-5-6-12)19-13-3-1-2-4-15(13)21-9-7-18-8-10-21/h1-4,11-12,18H,5-10H2,(H,19,22). The van der Waals surface area contributed by atoms with Crippen molar-refractivity contribution in [3.05, 3.63) is 40.3 Å². The van der Waals surface area contributed by atoms with E-state index in [-0.39, 0.29) is 5.91 Å². The predicted octanol–water partition coefficient (Wildman–Crippen LogP) is 2.68. The Morgan fingerprint density at radius 1 is 1.26 bits per heavy atom. The van der Waals surface area contributed by atoms with E-state index >= 15 is 0 Å². The highest BCUT2D eigenvalue weighted by Crippen LogP contribution is 2.41. The number of aromatic nitrogens is 1. The normalized spacial score (nSPS) is 18.0. The monoisotopic (exact) mass is 328 g/mol. The molecule has 1 aliphatic heterocycles. The lowest BCUT2D eigenvalue weighted by Crippen LogP contribution is -2.43. The summed E-state index contributed by atoms with van der Waals surface area (Å²) in [6.07, 6.45) is 2.42. The van der Waals surface area contributed by atoms with E-state index in [1.807, 2.05) is 23.6 Å². The Morgan fingerprint density at radius 2 is 2.04 bits per heavy atom. The van der Waals surface area contributed by atoms with Crippen LogP contribution in [0.4, 0.5) is 11.4 Å². The van der Waals surface area contributed by atoms with E-state index in [4.69, 9.17) is 0 Å². The summed E-state index contributed by atoms with van der Waals surface area (Å²) in [6, 6.07) is 8.00. The minimum atomic E-state index is -0.115. The van der Waals surface area contributed by atoms with E-state index in [9.17, 15) is 4.79 Å². The second kappa shape index (κ2) is 6.29. The SMILES string of the molecule is O=C(Nc1ccccc1N1CCNCC1)c1csc(C2CC2)n1. The average molecular weight is 328 g/mol. The van der Waals surface area contributed by atoms with Crippen LogP contribution in [0.1, 0.15) is 34.3 Å². The lowest BCUT2D eigenvalue weighted by Gasteiger charge is -2.31. The molecule has 0 bridgehead atoms. The molecule has 2 heterocycles. The number of carbonyl (C=O) groups excluding carboxylic acids is 1. The zero-order valence-electron chi connectivity index (χ0n) is 12.9. The number of benzene rings is 1. The van der Waals surface area contributed by atoms with Crippen molar-refractivity contribution in [3.8, 4) is 0 Å². The number of thiazole rings is 1. The van der Waals surface area contributed by atoms with E-state index in [0.717, 1.165) is 42.6 Å². The van der Waals surface area contributed by atoms with Crippen LogP contribution in [-0.2, 0) is 0 Å². The van der Waals surface area contributed by atoms with Gasteiger partial charge in [0.05, 0.1) is 16.4 Å². The number of nitrogens with one attached hydrogen (secondary N) is 2. The number of nitrogens with zero attached hydrogens (tertiary/aromatic N) is 2. The van der Waals surface area contributed by atoms with Gasteiger partial charge in [0.1, 0.15) is 5.69 Å². The topological polar surface area (TPSA) is 57.3 Å². The third-order valence-corrected chi connectivity index (χ3v) is 5.30. The molecule has 1 aromatic carbocycles. The lowest BCUT2D eigenvalue weighted by atomic mass is 10.2. The number of carbonyl (C=O) groups is 1. The van der Waals surface area contributed by atoms with Gasteiger partial charge in [-0.25, -0.2) is 4.98 Å². The van der Waals surface area contributed by atoms with Crippen molar-refractivity contribution in [2.75, 3.05) is 36.4 Å². The predicted molar refractivity (Wildman–Crippen MR) is 93.6 cm³/mol. The summed E-state index contributed by atoms with van der Waals surface area (Å²) in [5.74, 6) is 0.477. The Morgan fingerprint density at radius 3 is 2.83 bits per heavy atom. The molecule has 1 aromatic heterocycles. The van der Waals surface area contributed by atoms with Gasteiger partial charge in [0, 0.05) is 37.5 Å². The number of hydrogen-bond donors (Lipinski definition) is 2. The first-order chi connectivity index (χ1) is 11.3. The Balaban J connectivity index is 1.52. The largest absolute Gasteiger partial charge is 0.367 e. The summed E-state index contributed by atoms with van der Waals surface area (Å²) in [4.78, 5) is 19.3. The number of piperazine rings is 1. The van der Waals surface area contributed by atoms with E-state index in [2.05, 4.69) is 26.6 Å². The lowest BCUT2D eigenvalue weighted by molar-refractivity contribution is 0.102. The van der Waals surface area contributed by atoms with Gasteiger partial charge < -0.3 is 15.5 Å². The molecule has 1 amide bonds. The second-order valence-electron chi connectivity index (χ2n) is 6.05. The summed E-state index contributed by atoms with van der Waals surface area (Å²) < 4.78 is 0. The van der Waals surface area contributed by atoms with Gasteiger partial charge in [0.25, 0.3) is 5.91 Å². The fourth-order valence-electron chi connectivity index (χ4n) is 2.86. The Labute approximate surface area is 139 Å². The average Bonchev–Trinajstić information content (AvgIpc) is 3.33. The zero-order valence-corrected chi connectivity index (χ0v) is 13.7. The van der Waals surface area contributed by atoms with Gasteiger partial charge >= 0.3 is 0 Å². The second-order valence-corrected chi connectivity index (χ2v) is 6.94. The first-order valence-corrected chi connectivity index (χ1v) is 9.01. The van der Waals surface area contributed by atoms with Crippen molar-refractivity contribution < 1.29 is 4.79 Å². The molecule has 5 nitrogen and oxygen atoms in total. The Hall–Kier alpha value is -1.92. The smallest absolute Gasteiger partial charge is 0.275 e. The maximum absolute atomic E-state index is 12.5. The van der Waals surface area contributed by atoms with Crippen LogP contribution < -0.4 is 15.5 Å². The third kappa shape index (κ3) is 3.23. The summed E-state index contributed by atoms with van der Waals surface area (Å²) in [6.45, 7) is 3.85. The van der Waals surface area contributed by atoms with Gasteiger partial charge in [-0.3, -0.25) is 4.79 Å². The fraction of sp³-hybridized carbons (Fsp3) is 0.412. The first kappa shape index (κ1) is 14.7. The first-order valence-electron chi connectivity index (χ1n) is 8.13. The summed E-state index contributed by atoms with van der Waals surface area (Å²) in [5.41, 5.74) is 2.48. The molecule has 1 aliphatic carbocycles. The van der Waals surface area contributed by atoms with Crippen molar-refractivity contribution in [2.45, 2.75) is 18.8 Å². The van der Waals surface area contributed by atoms with Crippen molar-refractivity contribution in [2.24, 2.45) is 0 Å². The van der Waals surface area contributed by atoms with E-state index in [0.29, 0.717) is 11.6 Å². The minimum Gasteiger partial charge on any atom is -0.367 e. The molecule has 2 aromatic rings. The Bertz CT molecular complexity index is 704. The van der Waals surface area contributed by atoms with Gasteiger partial charge in [-0.2, -0.15) is 0 Å². The molecule has 23 heavy (non-hydrogen) atoms. The molecule has 120 valence electrons. The van der Waals surface area contributed by atoms with Crippen molar-refractivity contribution in [3.63, 3.8) is 0 Å². The van der Waals surface area contributed by atoms with Crippen LogP contribution in [0.15, 0.2) is 29.6 Å². The molecule has 0 spiro atoms. The summed E-state index contributed by atoms with van der Waals surface area (Å²) >= 11 is 1.60. The van der Waals surface area contributed by atoms with Crippen LogP contribution in [0.5, 0.6) is 0 Å². The summed E-state index contributed by atoms with van der Waals surface area (Å²) in [7, 11) is 0. The molecule has 1 saturated heterocycles.